The van der Waals surface area contributed by atoms with Crippen LogP contribution >= 0.6 is 24.0 Å². The van der Waals surface area contributed by atoms with Gasteiger partial charge in [-0.3, -0.25) is 4.99 Å². The van der Waals surface area contributed by atoms with Crippen LogP contribution in [-0.4, -0.2) is 55.8 Å². The summed E-state index contributed by atoms with van der Waals surface area (Å²) < 4.78 is 5.61. The first-order valence-corrected chi connectivity index (χ1v) is 10.4. The van der Waals surface area contributed by atoms with Crippen LogP contribution in [0.2, 0.25) is 0 Å². The van der Waals surface area contributed by atoms with E-state index in [1.807, 2.05) is 0 Å². The first-order chi connectivity index (χ1) is 12.9. The van der Waals surface area contributed by atoms with Crippen LogP contribution in [0.4, 0.5) is 0 Å². The maximum atomic E-state index is 5.61. The lowest BCUT2D eigenvalue weighted by Gasteiger charge is -2.30. The number of rotatable bonds is 9. The normalized spacial score (nSPS) is 18.7. The maximum absolute atomic E-state index is 5.61. The zero-order valence-corrected chi connectivity index (χ0v) is 20.5. The van der Waals surface area contributed by atoms with E-state index in [1.54, 1.807) is 0 Å². The summed E-state index contributed by atoms with van der Waals surface area (Å²) in [6.45, 7) is 16.2. The monoisotopic (exact) mass is 502 g/mol. The second kappa shape index (κ2) is 12.6. The SMILES string of the molecule is CCNC(=NCC(C)(C)NC(C)c1ccccc1)N1CCC(COCC)C1.I. The number of aliphatic imine (C=N–C) groups is 1. The third-order valence-electron chi connectivity index (χ3n) is 5.01. The summed E-state index contributed by atoms with van der Waals surface area (Å²) in [6.07, 6.45) is 1.18. The molecular weight excluding hydrogens is 463 g/mol. The minimum Gasteiger partial charge on any atom is -0.381 e. The molecule has 2 atom stereocenters. The van der Waals surface area contributed by atoms with Gasteiger partial charge in [-0.1, -0.05) is 30.3 Å². The molecule has 0 bridgehead atoms. The van der Waals surface area contributed by atoms with Crippen molar-refractivity contribution in [2.75, 3.05) is 39.4 Å². The number of benzene rings is 1. The molecule has 1 aromatic carbocycles. The van der Waals surface area contributed by atoms with Crippen molar-refractivity contribution in [2.24, 2.45) is 10.9 Å². The quantitative estimate of drug-likeness (QED) is 0.304. The van der Waals surface area contributed by atoms with Crippen LogP contribution in [0.3, 0.4) is 0 Å². The molecule has 1 aliphatic heterocycles. The zero-order valence-electron chi connectivity index (χ0n) is 18.2. The van der Waals surface area contributed by atoms with Crippen molar-refractivity contribution >= 4 is 29.9 Å². The molecule has 0 aromatic heterocycles. The standard InChI is InChI=1S/C22H38N4O.HI/c1-6-23-21(26-14-13-19(15-26)16-27-7-2)24-17-22(4,5)25-18(3)20-11-9-8-10-12-20;/h8-12,18-19,25H,6-7,13-17H2,1-5H3,(H,23,24);1H. The molecule has 5 nitrogen and oxygen atoms in total. The van der Waals surface area contributed by atoms with Crippen LogP contribution < -0.4 is 10.6 Å². The predicted octanol–water partition coefficient (Wildman–Crippen LogP) is 4.06. The van der Waals surface area contributed by atoms with Gasteiger partial charge in [0.1, 0.15) is 0 Å². The van der Waals surface area contributed by atoms with Crippen LogP contribution in [-0.2, 0) is 4.74 Å². The Morgan fingerprint density at radius 1 is 1.29 bits per heavy atom. The van der Waals surface area contributed by atoms with Crippen LogP contribution in [0.15, 0.2) is 35.3 Å². The first-order valence-electron chi connectivity index (χ1n) is 10.4. The molecule has 2 unspecified atom stereocenters. The number of halogens is 1. The lowest BCUT2D eigenvalue weighted by Crippen LogP contribution is -2.46. The average Bonchev–Trinajstić information content (AvgIpc) is 3.12. The molecule has 0 radical (unpaired) electrons. The number of likely N-dealkylation sites (tertiary alicyclic amines) is 1. The highest BCUT2D eigenvalue weighted by atomic mass is 127. The fraction of sp³-hybridized carbons (Fsp3) is 0.682. The van der Waals surface area contributed by atoms with Gasteiger partial charge in [0.25, 0.3) is 0 Å². The Balaban J connectivity index is 0.00000392. The Labute approximate surface area is 188 Å². The number of nitrogens with zero attached hydrogens (tertiary/aromatic N) is 2. The van der Waals surface area contributed by atoms with Crippen molar-refractivity contribution < 1.29 is 4.74 Å². The van der Waals surface area contributed by atoms with Gasteiger partial charge in [-0.05, 0) is 46.6 Å². The number of hydrogen-bond acceptors (Lipinski definition) is 3. The highest BCUT2D eigenvalue weighted by Gasteiger charge is 2.26. The van der Waals surface area contributed by atoms with Crippen molar-refractivity contribution in [3.05, 3.63) is 35.9 Å². The summed E-state index contributed by atoms with van der Waals surface area (Å²) in [5.74, 6) is 1.64. The first kappa shape index (κ1) is 25.2. The molecule has 6 heteroatoms. The summed E-state index contributed by atoms with van der Waals surface area (Å²) in [5.41, 5.74) is 1.22. The Bertz CT molecular complexity index is 579. The molecule has 0 spiro atoms. The number of ether oxygens (including phenoxy) is 1. The van der Waals surface area contributed by atoms with Crippen LogP contribution in [0, 0.1) is 5.92 Å². The van der Waals surface area contributed by atoms with Gasteiger partial charge >= 0.3 is 0 Å². The van der Waals surface area contributed by atoms with Crippen LogP contribution in [0.5, 0.6) is 0 Å². The van der Waals surface area contributed by atoms with Gasteiger partial charge in [-0.2, -0.15) is 0 Å². The molecule has 1 aliphatic rings. The highest BCUT2D eigenvalue weighted by Crippen LogP contribution is 2.19. The third-order valence-corrected chi connectivity index (χ3v) is 5.01. The molecular formula is C22H39IN4O. The fourth-order valence-electron chi connectivity index (χ4n) is 3.60. The number of hydrogen-bond donors (Lipinski definition) is 2. The van der Waals surface area contributed by atoms with E-state index < -0.39 is 0 Å². The lowest BCUT2D eigenvalue weighted by molar-refractivity contribution is 0.114. The maximum Gasteiger partial charge on any atom is 0.193 e. The Kier molecular flexibility index (Phi) is 11.4. The van der Waals surface area contributed by atoms with E-state index in [1.165, 1.54) is 12.0 Å². The van der Waals surface area contributed by atoms with E-state index in [4.69, 9.17) is 9.73 Å². The van der Waals surface area contributed by atoms with Gasteiger partial charge < -0.3 is 20.3 Å². The summed E-state index contributed by atoms with van der Waals surface area (Å²) in [5, 5.41) is 7.19. The molecule has 1 saturated heterocycles. The summed E-state index contributed by atoms with van der Waals surface area (Å²) in [7, 11) is 0. The molecule has 2 N–H and O–H groups in total. The average molecular weight is 502 g/mol. The molecule has 0 aliphatic carbocycles. The molecule has 1 aromatic rings. The van der Waals surface area contributed by atoms with Gasteiger partial charge in [0.05, 0.1) is 13.2 Å². The lowest BCUT2D eigenvalue weighted by atomic mass is 10.0. The predicted molar refractivity (Wildman–Crippen MR) is 130 cm³/mol. The van der Waals surface area contributed by atoms with E-state index in [2.05, 4.69) is 80.5 Å². The second-order valence-corrected chi connectivity index (χ2v) is 8.09. The zero-order chi connectivity index (χ0) is 19.7. The highest BCUT2D eigenvalue weighted by molar-refractivity contribution is 14.0. The summed E-state index contributed by atoms with van der Waals surface area (Å²) in [6, 6.07) is 10.9. The van der Waals surface area contributed by atoms with Gasteiger partial charge in [0.2, 0.25) is 0 Å². The third kappa shape index (κ3) is 8.25. The molecule has 28 heavy (non-hydrogen) atoms. The van der Waals surface area contributed by atoms with Gasteiger partial charge in [-0.15, -0.1) is 24.0 Å². The minimum atomic E-state index is -0.0830. The van der Waals surface area contributed by atoms with E-state index in [-0.39, 0.29) is 29.5 Å². The largest absolute Gasteiger partial charge is 0.381 e. The topological polar surface area (TPSA) is 48.9 Å². The van der Waals surface area contributed by atoms with E-state index in [0.717, 1.165) is 45.4 Å². The molecule has 0 saturated carbocycles. The van der Waals surface area contributed by atoms with Gasteiger partial charge in [-0.25, -0.2) is 0 Å². The van der Waals surface area contributed by atoms with Crippen molar-refractivity contribution in [1.82, 2.24) is 15.5 Å². The second-order valence-electron chi connectivity index (χ2n) is 8.09. The van der Waals surface area contributed by atoms with Crippen molar-refractivity contribution in [3.8, 4) is 0 Å². The smallest absolute Gasteiger partial charge is 0.193 e. The van der Waals surface area contributed by atoms with Crippen LogP contribution in [0.1, 0.15) is 52.6 Å². The molecule has 1 heterocycles. The molecule has 160 valence electrons. The van der Waals surface area contributed by atoms with Crippen LogP contribution in [0.25, 0.3) is 0 Å². The minimum absolute atomic E-state index is 0. The fourth-order valence-corrected chi connectivity index (χ4v) is 3.60. The summed E-state index contributed by atoms with van der Waals surface area (Å²) in [4.78, 5) is 7.34. The molecule has 2 rings (SSSR count). The van der Waals surface area contributed by atoms with E-state index in [9.17, 15) is 0 Å². The number of nitrogens with one attached hydrogen (secondary N) is 2. The van der Waals surface area contributed by atoms with E-state index >= 15 is 0 Å². The Morgan fingerprint density at radius 3 is 2.64 bits per heavy atom. The van der Waals surface area contributed by atoms with Gasteiger partial charge in [0.15, 0.2) is 5.96 Å². The van der Waals surface area contributed by atoms with Crippen molar-refractivity contribution in [2.45, 2.75) is 52.6 Å². The van der Waals surface area contributed by atoms with Gasteiger partial charge in [0, 0.05) is 43.7 Å². The van der Waals surface area contributed by atoms with Crippen molar-refractivity contribution in [1.29, 1.82) is 0 Å². The molecule has 0 amide bonds. The number of guanidine groups is 1. The summed E-state index contributed by atoms with van der Waals surface area (Å²) >= 11 is 0. The molecule has 1 fully saturated rings. The van der Waals surface area contributed by atoms with Crippen molar-refractivity contribution in [3.63, 3.8) is 0 Å². The van der Waals surface area contributed by atoms with E-state index in [0.29, 0.717) is 12.0 Å². The Hall–Kier alpha value is -0.860. The Morgan fingerprint density at radius 2 is 2.00 bits per heavy atom.